The zero-order chi connectivity index (χ0) is 25.2. The molecule has 0 radical (unpaired) electrons. The fourth-order valence-corrected chi connectivity index (χ4v) is 4.19. The zero-order valence-electron chi connectivity index (χ0n) is 21.6. The van der Waals surface area contributed by atoms with Gasteiger partial charge in [-0.15, -0.1) is 0 Å². The van der Waals surface area contributed by atoms with E-state index in [9.17, 15) is 4.79 Å². The number of hydrogen-bond acceptors (Lipinski definition) is 3. The first kappa shape index (κ1) is 26.2. The van der Waals surface area contributed by atoms with E-state index in [-0.39, 0.29) is 17.8 Å². The normalized spacial score (nSPS) is 12.5. The number of ketones is 1. The molecule has 0 saturated carbocycles. The minimum absolute atomic E-state index is 0.0432. The van der Waals surface area contributed by atoms with Crippen LogP contribution in [0.3, 0.4) is 0 Å². The van der Waals surface area contributed by atoms with Crippen molar-refractivity contribution in [3.8, 4) is 16.9 Å². The van der Waals surface area contributed by atoms with Crippen molar-refractivity contribution in [2.75, 3.05) is 0 Å². The van der Waals surface area contributed by atoms with Crippen LogP contribution in [0.1, 0.15) is 58.9 Å². The van der Waals surface area contributed by atoms with Gasteiger partial charge in [-0.05, 0) is 67.1 Å². The quantitative estimate of drug-likeness (QED) is 0.261. The molecule has 0 fully saturated rings. The molecule has 3 nitrogen and oxygen atoms in total. The van der Waals surface area contributed by atoms with Crippen molar-refractivity contribution in [1.29, 1.82) is 0 Å². The summed E-state index contributed by atoms with van der Waals surface area (Å²) < 4.78 is 6.35. The van der Waals surface area contributed by atoms with E-state index in [4.69, 9.17) is 4.74 Å². The molecule has 0 aliphatic carbocycles. The van der Waals surface area contributed by atoms with Crippen molar-refractivity contribution >= 4 is 16.7 Å². The summed E-state index contributed by atoms with van der Waals surface area (Å²) in [5.41, 5.74) is 4.54. The highest BCUT2D eigenvalue weighted by Gasteiger charge is 2.20. The van der Waals surface area contributed by atoms with Crippen molar-refractivity contribution in [2.24, 2.45) is 5.92 Å². The Morgan fingerprint density at radius 2 is 1.51 bits per heavy atom. The molecule has 1 heterocycles. The molecule has 3 heteroatoms. The molecule has 4 aromatic rings. The van der Waals surface area contributed by atoms with Crippen LogP contribution in [0.25, 0.3) is 22.0 Å². The highest BCUT2D eigenvalue weighted by atomic mass is 16.5. The average molecular weight is 468 g/mol. The van der Waals surface area contributed by atoms with Crippen molar-refractivity contribution in [3.05, 3.63) is 96.7 Å². The van der Waals surface area contributed by atoms with Crippen LogP contribution in [0.15, 0.2) is 91.1 Å². The van der Waals surface area contributed by atoms with E-state index < -0.39 is 0 Å². The molecule has 4 rings (SSSR count). The van der Waals surface area contributed by atoms with Gasteiger partial charge in [0.05, 0.1) is 11.6 Å². The smallest absolute Gasteiger partial charge is 0.130 e. The maximum absolute atomic E-state index is 11.6. The third kappa shape index (κ3) is 7.51. The van der Waals surface area contributed by atoms with Gasteiger partial charge in [-0.2, -0.15) is 0 Å². The highest BCUT2D eigenvalue weighted by molar-refractivity contribution is 5.90. The van der Waals surface area contributed by atoms with E-state index in [1.807, 2.05) is 36.4 Å². The lowest BCUT2D eigenvalue weighted by molar-refractivity contribution is -0.118. The third-order valence-corrected chi connectivity index (χ3v) is 6.31. The Kier molecular flexibility index (Phi) is 9.60. The van der Waals surface area contributed by atoms with E-state index >= 15 is 0 Å². The maximum Gasteiger partial charge on any atom is 0.130 e. The molecule has 2 atom stereocenters. The van der Waals surface area contributed by atoms with E-state index in [0.717, 1.165) is 34.2 Å². The average Bonchev–Trinajstić information content (AvgIpc) is 2.88. The van der Waals surface area contributed by atoms with Crippen LogP contribution in [0.5, 0.6) is 5.75 Å². The number of benzene rings is 3. The molecule has 0 N–H and O–H groups in total. The van der Waals surface area contributed by atoms with Crippen LogP contribution in [-0.2, 0) is 4.79 Å². The Morgan fingerprint density at radius 3 is 2.09 bits per heavy atom. The topological polar surface area (TPSA) is 39.2 Å². The third-order valence-electron chi connectivity index (χ3n) is 6.31. The minimum Gasteiger partial charge on any atom is -0.490 e. The molecule has 1 aromatic heterocycles. The molecule has 0 spiro atoms. The minimum atomic E-state index is -0.0432. The number of hydrogen-bond donors (Lipinski definition) is 0. The van der Waals surface area contributed by atoms with Gasteiger partial charge in [-0.3, -0.25) is 4.98 Å². The summed E-state index contributed by atoms with van der Waals surface area (Å²) in [7, 11) is 0. The Labute approximate surface area is 210 Å². The molecule has 182 valence electrons. The van der Waals surface area contributed by atoms with Crippen LogP contribution in [0.2, 0.25) is 0 Å². The zero-order valence-corrected chi connectivity index (χ0v) is 21.6. The van der Waals surface area contributed by atoms with Crippen molar-refractivity contribution in [3.63, 3.8) is 0 Å². The first-order valence-corrected chi connectivity index (χ1v) is 12.5. The lowest BCUT2D eigenvalue weighted by Gasteiger charge is -2.24. The summed E-state index contributed by atoms with van der Waals surface area (Å²) in [4.78, 5) is 16.1. The monoisotopic (exact) mass is 467 g/mol. The Hall–Kier alpha value is -3.46. The largest absolute Gasteiger partial charge is 0.490 e. The predicted octanol–water partition coefficient (Wildman–Crippen LogP) is 8.48. The second kappa shape index (κ2) is 12.9. The van der Waals surface area contributed by atoms with Gasteiger partial charge in [0, 0.05) is 23.9 Å². The summed E-state index contributed by atoms with van der Waals surface area (Å²) >= 11 is 0. The van der Waals surface area contributed by atoms with Crippen LogP contribution in [-0.4, -0.2) is 16.9 Å². The second-order valence-electron chi connectivity index (χ2n) is 9.37. The molecule has 35 heavy (non-hydrogen) atoms. The number of rotatable bonds is 8. The lowest BCUT2D eigenvalue weighted by atomic mass is 9.94. The van der Waals surface area contributed by atoms with E-state index in [1.165, 1.54) is 5.56 Å². The van der Waals surface area contributed by atoms with E-state index in [1.54, 1.807) is 13.1 Å². The first-order valence-electron chi connectivity index (χ1n) is 12.5. The van der Waals surface area contributed by atoms with Crippen LogP contribution >= 0.6 is 0 Å². The molecule has 0 bridgehead atoms. The Balaban J connectivity index is 0.000000320. The van der Waals surface area contributed by atoms with Crippen molar-refractivity contribution in [1.82, 2.24) is 4.98 Å². The van der Waals surface area contributed by atoms with Gasteiger partial charge < -0.3 is 9.53 Å². The molecule has 3 aromatic carbocycles. The standard InChI is InChI=1S/C23H25NO2.C9H12/c1-4-18(13-16(2)25)17(3)26-23-15-20(19-9-6-5-7-10-19)14-22-21(23)11-8-12-24-22;1-8(2)9-6-4-3-5-7-9/h5-12,14-15,17-18H,4,13H2,1-3H3;3-8H,1-2H3/t17-,18?;/m1./s1. The van der Waals surface area contributed by atoms with Crippen molar-refractivity contribution in [2.45, 2.75) is 59.5 Å². The molecule has 0 aliphatic rings. The summed E-state index contributed by atoms with van der Waals surface area (Å²) in [6.07, 6.45) is 3.22. The summed E-state index contributed by atoms with van der Waals surface area (Å²) in [5, 5.41) is 0.997. The van der Waals surface area contributed by atoms with Crippen LogP contribution in [0.4, 0.5) is 0 Å². The SMILES string of the molecule is CC(C)c1ccccc1.CCC(CC(C)=O)[C@@H](C)Oc1cc(-c2ccccc2)cc2ncccc12. The highest BCUT2D eigenvalue weighted by Crippen LogP contribution is 2.33. The molecule has 0 amide bonds. The first-order chi connectivity index (χ1) is 16.9. The van der Waals surface area contributed by atoms with Gasteiger partial charge in [-0.1, -0.05) is 81.4 Å². The number of Topliss-reactive ketones (excluding diaryl/α,β-unsaturated/α-hetero) is 1. The van der Waals surface area contributed by atoms with Crippen LogP contribution < -0.4 is 4.74 Å². The molecular weight excluding hydrogens is 430 g/mol. The molecular formula is C32H37NO2. The van der Waals surface area contributed by atoms with Crippen LogP contribution in [0, 0.1) is 5.92 Å². The van der Waals surface area contributed by atoms with Gasteiger partial charge in [0.2, 0.25) is 0 Å². The summed E-state index contributed by atoms with van der Waals surface area (Å²) in [5.74, 6) is 1.90. The maximum atomic E-state index is 11.6. The van der Waals surface area contributed by atoms with Gasteiger partial charge in [0.1, 0.15) is 11.5 Å². The van der Waals surface area contributed by atoms with Gasteiger partial charge >= 0.3 is 0 Å². The lowest BCUT2D eigenvalue weighted by Crippen LogP contribution is -2.25. The predicted molar refractivity (Wildman–Crippen MR) is 147 cm³/mol. The second-order valence-corrected chi connectivity index (χ2v) is 9.37. The molecule has 0 saturated heterocycles. The summed E-state index contributed by atoms with van der Waals surface area (Å²) in [6.45, 7) is 10.2. The number of pyridine rings is 1. The number of aromatic nitrogens is 1. The van der Waals surface area contributed by atoms with E-state index in [2.05, 4.69) is 81.2 Å². The number of fused-ring (bicyclic) bond motifs is 1. The van der Waals surface area contributed by atoms with E-state index in [0.29, 0.717) is 12.3 Å². The van der Waals surface area contributed by atoms with Gasteiger partial charge in [0.15, 0.2) is 0 Å². The van der Waals surface area contributed by atoms with Crippen molar-refractivity contribution < 1.29 is 9.53 Å². The van der Waals surface area contributed by atoms with Gasteiger partial charge in [0.25, 0.3) is 0 Å². The number of carbonyl (C=O) groups excluding carboxylic acids is 1. The fraction of sp³-hybridized carbons (Fsp3) is 0.312. The summed E-state index contributed by atoms with van der Waals surface area (Å²) in [6, 6.07) is 28.9. The number of carbonyl (C=O) groups is 1. The fourth-order valence-electron chi connectivity index (χ4n) is 4.19. The number of nitrogens with zero attached hydrogens (tertiary/aromatic N) is 1. The molecule has 1 unspecified atom stereocenters. The number of ether oxygens (including phenoxy) is 1. The van der Waals surface area contributed by atoms with Gasteiger partial charge in [-0.25, -0.2) is 0 Å². The Bertz CT molecular complexity index is 1200. The Morgan fingerprint density at radius 1 is 0.857 bits per heavy atom. The molecule has 0 aliphatic heterocycles.